The molecule has 0 spiro atoms. The van der Waals surface area contributed by atoms with Crippen LogP contribution in [0, 0.1) is 0 Å². The van der Waals surface area contributed by atoms with Crippen LogP contribution in [0.1, 0.15) is 15.9 Å². The van der Waals surface area contributed by atoms with Crippen LogP contribution in [0.15, 0.2) is 45.7 Å². The van der Waals surface area contributed by atoms with E-state index >= 15 is 0 Å². The molecular formula is C13H12BrNO3. The number of benzene rings is 1. The zero-order valence-electron chi connectivity index (χ0n) is 9.76. The molecule has 18 heavy (non-hydrogen) atoms. The number of furan rings is 1. The average molecular weight is 310 g/mol. The first-order valence-corrected chi connectivity index (χ1v) is 6.12. The van der Waals surface area contributed by atoms with Crippen molar-refractivity contribution in [2.75, 3.05) is 11.9 Å². The molecular weight excluding hydrogens is 298 g/mol. The minimum Gasteiger partial charge on any atom is -0.478 e. The second-order valence-electron chi connectivity index (χ2n) is 3.95. The average Bonchev–Trinajstić information content (AvgIpc) is 2.81. The highest BCUT2D eigenvalue weighted by molar-refractivity contribution is 9.10. The maximum absolute atomic E-state index is 11.2. The van der Waals surface area contributed by atoms with Gasteiger partial charge in [0.2, 0.25) is 0 Å². The van der Waals surface area contributed by atoms with Crippen LogP contribution in [0.4, 0.5) is 5.69 Å². The number of rotatable bonds is 4. The Labute approximate surface area is 113 Å². The minimum absolute atomic E-state index is 0.273. The van der Waals surface area contributed by atoms with Gasteiger partial charge in [-0.3, -0.25) is 0 Å². The third-order valence-electron chi connectivity index (χ3n) is 2.60. The van der Waals surface area contributed by atoms with E-state index in [0.29, 0.717) is 12.2 Å². The van der Waals surface area contributed by atoms with Gasteiger partial charge in [0, 0.05) is 23.6 Å². The van der Waals surface area contributed by atoms with Crippen molar-refractivity contribution in [3.63, 3.8) is 0 Å². The summed E-state index contributed by atoms with van der Waals surface area (Å²) in [6.45, 7) is 0.596. The molecule has 4 nitrogen and oxygen atoms in total. The highest BCUT2D eigenvalue weighted by Crippen LogP contribution is 2.25. The number of anilines is 1. The van der Waals surface area contributed by atoms with E-state index in [9.17, 15) is 9.90 Å². The van der Waals surface area contributed by atoms with Crippen molar-refractivity contribution in [3.8, 4) is 0 Å². The van der Waals surface area contributed by atoms with Crippen LogP contribution in [0.5, 0.6) is 0 Å². The summed E-state index contributed by atoms with van der Waals surface area (Å²) in [5.41, 5.74) is 1.94. The molecule has 1 N–H and O–H groups in total. The largest absolute Gasteiger partial charge is 0.478 e. The number of halogens is 1. The Hall–Kier alpha value is -1.75. The molecule has 2 rings (SSSR count). The molecule has 0 aliphatic rings. The molecule has 1 heterocycles. The Kier molecular flexibility index (Phi) is 3.72. The molecule has 94 valence electrons. The molecule has 5 heteroatoms. The maximum atomic E-state index is 11.2. The number of hydrogen-bond donors (Lipinski definition) is 1. The summed E-state index contributed by atoms with van der Waals surface area (Å²) in [6, 6.07) is 7.07. The number of nitrogens with zero attached hydrogens (tertiary/aromatic N) is 1. The maximum Gasteiger partial charge on any atom is 0.337 e. The summed E-state index contributed by atoms with van der Waals surface area (Å²) in [5, 5.41) is 9.20. The van der Waals surface area contributed by atoms with Gasteiger partial charge >= 0.3 is 5.97 Å². The summed E-state index contributed by atoms with van der Waals surface area (Å²) in [4.78, 5) is 13.1. The molecule has 0 radical (unpaired) electrons. The third-order valence-corrected chi connectivity index (χ3v) is 3.09. The number of hydrogen-bond acceptors (Lipinski definition) is 3. The van der Waals surface area contributed by atoms with E-state index in [4.69, 9.17) is 4.42 Å². The number of carboxylic acids is 1. The number of carboxylic acid groups (broad SMARTS) is 1. The summed E-state index contributed by atoms with van der Waals surface area (Å²) in [5.74, 6) is -0.939. The van der Waals surface area contributed by atoms with Gasteiger partial charge in [0.15, 0.2) is 0 Å². The number of aromatic carboxylic acids is 1. The van der Waals surface area contributed by atoms with Gasteiger partial charge in [-0.1, -0.05) is 15.9 Å². The van der Waals surface area contributed by atoms with Crippen molar-refractivity contribution < 1.29 is 14.3 Å². The molecule has 0 amide bonds. The molecule has 0 bridgehead atoms. The molecule has 0 aliphatic carbocycles. The first-order chi connectivity index (χ1) is 8.58. The van der Waals surface area contributed by atoms with E-state index in [1.54, 1.807) is 24.7 Å². The second kappa shape index (κ2) is 5.27. The highest BCUT2D eigenvalue weighted by atomic mass is 79.9. The lowest BCUT2D eigenvalue weighted by atomic mass is 10.1. The predicted molar refractivity (Wildman–Crippen MR) is 71.9 cm³/mol. The van der Waals surface area contributed by atoms with E-state index in [1.807, 2.05) is 24.1 Å². The molecule has 2 aromatic rings. The Morgan fingerprint density at radius 1 is 1.44 bits per heavy atom. The van der Waals surface area contributed by atoms with E-state index in [2.05, 4.69) is 15.9 Å². The lowest BCUT2D eigenvalue weighted by Crippen LogP contribution is -2.19. The quantitative estimate of drug-likeness (QED) is 0.940. The van der Waals surface area contributed by atoms with E-state index in [1.165, 1.54) is 0 Å². The van der Waals surface area contributed by atoms with Gasteiger partial charge in [-0.15, -0.1) is 0 Å². The lowest BCUT2D eigenvalue weighted by molar-refractivity contribution is 0.0697. The summed E-state index contributed by atoms with van der Waals surface area (Å²) >= 11 is 3.28. The van der Waals surface area contributed by atoms with Crippen LogP contribution in [-0.2, 0) is 6.54 Å². The van der Waals surface area contributed by atoms with Gasteiger partial charge in [-0.05, 0) is 24.3 Å². The molecule has 0 saturated heterocycles. The monoisotopic (exact) mass is 309 g/mol. The number of carbonyl (C=O) groups is 1. The van der Waals surface area contributed by atoms with Gasteiger partial charge in [0.25, 0.3) is 0 Å². The van der Waals surface area contributed by atoms with Gasteiger partial charge in [0.05, 0.1) is 23.8 Å². The fourth-order valence-corrected chi connectivity index (χ4v) is 2.12. The molecule has 0 saturated carbocycles. The van der Waals surface area contributed by atoms with Crippen LogP contribution >= 0.6 is 15.9 Å². The lowest BCUT2D eigenvalue weighted by Gasteiger charge is -2.20. The SMILES string of the molecule is CN(Cc1ccoc1)c1ccc(Br)cc1C(=O)O. The minimum atomic E-state index is -0.939. The Morgan fingerprint density at radius 3 is 2.83 bits per heavy atom. The van der Waals surface area contributed by atoms with Crippen LogP contribution in [0.2, 0.25) is 0 Å². The molecule has 0 atom stereocenters. The van der Waals surface area contributed by atoms with Crippen LogP contribution < -0.4 is 4.90 Å². The van der Waals surface area contributed by atoms with Gasteiger partial charge in [-0.2, -0.15) is 0 Å². The zero-order chi connectivity index (χ0) is 13.1. The van der Waals surface area contributed by atoms with Crippen molar-refractivity contribution >= 4 is 27.6 Å². The first kappa shape index (κ1) is 12.7. The predicted octanol–water partition coefficient (Wildman–Crippen LogP) is 3.38. The summed E-state index contributed by atoms with van der Waals surface area (Å²) < 4.78 is 5.75. The van der Waals surface area contributed by atoms with Crippen molar-refractivity contribution in [1.82, 2.24) is 0 Å². The van der Waals surface area contributed by atoms with Crippen LogP contribution in [-0.4, -0.2) is 18.1 Å². The van der Waals surface area contributed by atoms with Crippen LogP contribution in [0.25, 0.3) is 0 Å². The second-order valence-corrected chi connectivity index (χ2v) is 4.87. The van der Waals surface area contributed by atoms with Gasteiger partial charge in [0.1, 0.15) is 0 Å². The zero-order valence-corrected chi connectivity index (χ0v) is 11.3. The summed E-state index contributed by atoms with van der Waals surface area (Å²) in [7, 11) is 1.85. The summed E-state index contributed by atoms with van der Waals surface area (Å²) in [6.07, 6.45) is 3.25. The van der Waals surface area contributed by atoms with Crippen molar-refractivity contribution in [3.05, 3.63) is 52.4 Å². The van der Waals surface area contributed by atoms with E-state index in [-0.39, 0.29) is 5.56 Å². The Morgan fingerprint density at radius 2 is 2.22 bits per heavy atom. The van der Waals surface area contributed by atoms with Crippen LogP contribution in [0.3, 0.4) is 0 Å². The van der Waals surface area contributed by atoms with Crippen molar-refractivity contribution in [2.24, 2.45) is 0 Å². The Bertz CT molecular complexity index is 551. The molecule has 0 unspecified atom stereocenters. The van der Waals surface area contributed by atoms with Gasteiger partial charge < -0.3 is 14.4 Å². The van der Waals surface area contributed by atoms with Crippen molar-refractivity contribution in [2.45, 2.75) is 6.54 Å². The molecule has 1 aromatic heterocycles. The molecule has 0 fully saturated rings. The fourth-order valence-electron chi connectivity index (χ4n) is 1.75. The normalized spacial score (nSPS) is 10.3. The fraction of sp³-hybridized carbons (Fsp3) is 0.154. The topological polar surface area (TPSA) is 53.7 Å². The third kappa shape index (κ3) is 2.73. The van der Waals surface area contributed by atoms with E-state index in [0.717, 1.165) is 10.0 Å². The highest BCUT2D eigenvalue weighted by Gasteiger charge is 2.14. The first-order valence-electron chi connectivity index (χ1n) is 5.33. The molecule has 1 aromatic carbocycles. The smallest absolute Gasteiger partial charge is 0.337 e. The standard InChI is InChI=1S/C13H12BrNO3/c1-15(7-9-4-5-18-8-9)12-3-2-10(14)6-11(12)13(16)17/h2-6,8H,7H2,1H3,(H,16,17). The van der Waals surface area contributed by atoms with Crippen molar-refractivity contribution in [1.29, 1.82) is 0 Å². The van der Waals surface area contributed by atoms with E-state index < -0.39 is 5.97 Å². The Balaban J connectivity index is 2.29. The van der Waals surface area contributed by atoms with Gasteiger partial charge in [-0.25, -0.2) is 4.79 Å². The molecule has 0 aliphatic heterocycles.